The number of hydrogen-bond acceptors (Lipinski definition) is 3. The smallest absolute Gasteiger partial charge is 0.251 e. The van der Waals surface area contributed by atoms with Crippen molar-refractivity contribution in [2.45, 2.75) is 20.0 Å². The highest BCUT2D eigenvalue weighted by Crippen LogP contribution is 2.18. The second-order valence-electron chi connectivity index (χ2n) is 7.18. The largest absolute Gasteiger partial charge is 0.345 e. The Morgan fingerprint density at radius 2 is 1.68 bits per heavy atom. The zero-order valence-corrected chi connectivity index (χ0v) is 16.9. The SMILES string of the molecule is Cc1ccc(C(=O)NCc2nc3ccccc3n2CC(=O)Nc2ccccc2F)cc1. The van der Waals surface area contributed by atoms with Gasteiger partial charge in [0.15, 0.2) is 0 Å². The number of carbonyl (C=O) groups is 2. The summed E-state index contributed by atoms with van der Waals surface area (Å²) in [6, 6.07) is 20.7. The predicted octanol–water partition coefficient (Wildman–Crippen LogP) is 4.05. The quantitative estimate of drug-likeness (QED) is 0.498. The summed E-state index contributed by atoms with van der Waals surface area (Å²) >= 11 is 0. The number of amides is 2. The minimum absolute atomic E-state index is 0.0649. The van der Waals surface area contributed by atoms with Crippen LogP contribution < -0.4 is 10.6 Å². The van der Waals surface area contributed by atoms with Crippen molar-refractivity contribution < 1.29 is 14.0 Å². The van der Waals surface area contributed by atoms with E-state index in [0.29, 0.717) is 16.9 Å². The first kappa shape index (κ1) is 20.3. The summed E-state index contributed by atoms with van der Waals surface area (Å²) in [5, 5.41) is 5.44. The summed E-state index contributed by atoms with van der Waals surface area (Å²) in [4.78, 5) is 29.7. The Kier molecular flexibility index (Phi) is 5.75. The molecule has 4 aromatic rings. The topological polar surface area (TPSA) is 76.0 Å². The number of halogens is 1. The molecule has 0 bridgehead atoms. The van der Waals surface area contributed by atoms with Gasteiger partial charge >= 0.3 is 0 Å². The van der Waals surface area contributed by atoms with Crippen LogP contribution in [0.4, 0.5) is 10.1 Å². The van der Waals surface area contributed by atoms with Crippen LogP contribution >= 0.6 is 0 Å². The zero-order valence-electron chi connectivity index (χ0n) is 16.9. The number of nitrogens with zero attached hydrogens (tertiary/aromatic N) is 2. The van der Waals surface area contributed by atoms with Gasteiger partial charge in [0.05, 0.1) is 23.3 Å². The van der Waals surface area contributed by atoms with Crippen LogP contribution in [-0.2, 0) is 17.9 Å². The summed E-state index contributed by atoms with van der Waals surface area (Å²) in [5.74, 6) is -0.587. The molecule has 156 valence electrons. The molecule has 3 aromatic carbocycles. The van der Waals surface area contributed by atoms with Crippen molar-refractivity contribution in [1.29, 1.82) is 0 Å². The molecule has 0 spiro atoms. The molecular formula is C24H21FN4O2. The Labute approximate surface area is 178 Å². The molecule has 6 nitrogen and oxygen atoms in total. The first-order valence-corrected chi connectivity index (χ1v) is 9.84. The second-order valence-corrected chi connectivity index (χ2v) is 7.18. The van der Waals surface area contributed by atoms with Crippen LogP contribution in [0.3, 0.4) is 0 Å². The highest BCUT2D eigenvalue weighted by atomic mass is 19.1. The monoisotopic (exact) mass is 416 g/mol. The van der Waals surface area contributed by atoms with Crippen LogP contribution in [0.5, 0.6) is 0 Å². The van der Waals surface area contributed by atoms with Crippen LogP contribution in [0.15, 0.2) is 72.8 Å². The van der Waals surface area contributed by atoms with Gasteiger partial charge in [0.2, 0.25) is 5.91 Å². The molecule has 0 fully saturated rings. The third kappa shape index (κ3) is 4.61. The lowest BCUT2D eigenvalue weighted by Crippen LogP contribution is -2.26. The van der Waals surface area contributed by atoms with Crippen molar-refractivity contribution in [2.75, 3.05) is 5.32 Å². The lowest BCUT2D eigenvalue weighted by atomic mass is 10.1. The predicted molar refractivity (Wildman–Crippen MR) is 117 cm³/mol. The van der Waals surface area contributed by atoms with E-state index in [1.165, 1.54) is 12.1 Å². The lowest BCUT2D eigenvalue weighted by molar-refractivity contribution is -0.116. The van der Waals surface area contributed by atoms with E-state index in [4.69, 9.17) is 0 Å². The molecule has 0 aliphatic heterocycles. The summed E-state index contributed by atoms with van der Waals surface area (Å²) in [5.41, 5.74) is 3.20. The van der Waals surface area contributed by atoms with Gasteiger partial charge in [-0.15, -0.1) is 0 Å². The van der Waals surface area contributed by atoms with Gasteiger partial charge in [-0.2, -0.15) is 0 Å². The van der Waals surface area contributed by atoms with Gasteiger partial charge in [-0.05, 0) is 43.3 Å². The number of carbonyl (C=O) groups excluding carboxylic acids is 2. The molecule has 7 heteroatoms. The van der Waals surface area contributed by atoms with E-state index in [-0.39, 0.29) is 30.6 Å². The minimum atomic E-state index is -0.503. The molecule has 2 N–H and O–H groups in total. The van der Waals surface area contributed by atoms with Gasteiger partial charge in [-0.1, -0.05) is 42.0 Å². The molecule has 0 unspecified atom stereocenters. The van der Waals surface area contributed by atoms with E-state index < -0.39 is 5.82 Å². The summed E-state index contributed by atoms with van der Waals surface area (Å²) in [6.45, 7) is 2.04. The molecule has 0 saturated carbocycles. The first-order chi connectivity index (χ1) is 15.0. The van der Waals surface area contributed by atoms with Crippen LogP contribution in [0.25, 0.3) is 11.0 Å². The minimum Gasteiger partial charge on any atom is -0.345 e. The lowest BCUT2D eigenvalue weighted by Gasteiger charge is -2.11. The Morgan fingerprint density at radius 1 is 0.968 bits per heavy atom. The third-order valence-corrected chi connectivity index (χ3v) is 4.90. The van der Waals surface area contributed by atoms with Gasteiger partial charge < -0.3 is 15.2 Å². The van der Waals surface area contributed by atoms with Gasteiger partial charge in [-0.25, -0.2) is 9.37 Å². The normalized spacial score (nSPS) is 10.8. The van der Waals surface area contributed by atoms with Crippen LogP contribution in [0.2, 0.25) is 0 Å². The molecule has 2 amide bonds. The second kappa shape index (κ2) is 8.79. The fourth-order valence-corrected chi connectivity index (χ4v) is 3.30. The number of nitrogens with one attached hydrogen (secondary N) is 2. The van der Waals surface area contributed by atoms with Crippen molar-refractivity contribution in [3.05, 3.63) is 95.6 Å². The van der Waals surface area contributed by atoms with E-state index in [2.05, 4.69) is 15.6 Å². The number of hydrogen-bond donors (Lipinski definition) is 2. The van der Waals surface area contributed by atoms with E-state index in [1.54, 1.807) is 28.8 Å². The average molecular weight is 416 g/mol. The number of para-hydroxylation sites is 3. The summed E-state index contributed by atoms with van der Waals surface area (Å²) in [7, 11) is 0. The van der Waals surface area contributed by atoms with Crippen molar-refractivity contribution in [3.63, 3.8) is 0 Å². The van der Waals surface area contributed by atoms with E-state index in [1.807, 2.05) is 43.3 Å². The Morgan fingerprint density at radius 3 is 2.45 bits per heavy atom. The van der Waals surface area contributed by atoms with Crippen molar-refractivity contribution in [3.8, 4) is 0 Å². The molecule has 4 rings (SSSR count). The molecule has 31 heavy (non-hydrogen) atoms. The van der Waals surface area contributed by atoms with E-state index in [0.717, 1.165) is 11.1 Å². The Balaban J connectivity index is 1.54. The van der Waals surface area contributed by atoms with Gasteiger partial charge in [-0.3, -0.25) is 9.59 Å². The molecular weight excluding hydrogens is 395 g/mol. The van der Waals surface area contributed by atoms with Crippen molar-refractivity contribution in [2.24, 2.45) is 0 Å². The molecule has 0 radical (unpaired) electrons. The van der Waals surface area contributed by atoms with E-state index >= 15 is 0 Å². The highest BCUT2D eigenvalue weighted by Gasteiger charge is 2.16. The number of aromatic nitrogens is 2. The molecule has 0 atom stereocenters. The fourth-order valence-electron chi connectivity index (χ4n) is 3.30. The van der Waals surface area contributed by atoms with Crippen molar-refractivity contribution in [1.82, 2.24) is 14.9 Å². The van der Waals surface area contributed by atoms with Gasteiger partial charge in [0, 0.05) is 5.56 Å². The number of rotatable bonds is 6. The van der Waals surface area contributed by atoms with Gasteiger partial charge in [0.25, 0.3) is 5.91 Å². The number of anilines is 1. The maximum Gasteiger partial charge on any atom is 0.251 e. The number of fused-ring (bicyclic) bond motifs is 1. The van der Waals surface area contributed by atoms with E-state index in [9.17, 15) is 14.0 Å². The molecule has 0 aliphatic rings. The summed E-state index contributed by atoms with van der Waals surface area (Å²) in [6.07, 6.45) is 0. The van der Waals surface area contributed by atoms with Crippen molar-refractivity contribution >= 4 is 28.5 Å². The maximum absolute atomic E-state index is 13.9. The van der Waals surface area contributed by atoms with Crippen LogP contribution in [0, 0.1) is 12.7 Å². The Bertz CT molecular complexity index is 1250. The molecule has 1 heterocycles. The highest BCUT2D eigenvalue weighted by molar-refractivity contribution is 5.94. The number of aryl methyl sites for hydroxylation is 1. The molecule has 0 aliphatic carbocycles. The first-order valence-electron chi connectivity index (χ1n) is 9.84. The average Bonchev–Trinajstić information content (AvgIpc) is 3.11. The maximum atomic E-state index is 13.9. The fraction of sp³-hybridized carbons (Fsp3) is 0.125. The third-order valence-electron chi connectivity index (χ3n) is 4.90. The number of benzene rings is 3. The molecule has 1 aromatic heterocycles. The van der Waals surface area contributed by atoms with Crippen LogP contribution in [0.1, 0.15) is 21.7 Å². The number of imidazole rings is 1. The Hall–Kier alpha value is -4.00. The standard InChI is InChI=1S/C24H21FN4O2/c1-16-10-12-17(13-11-16)24(31)26-14-22-27-20-8-4-5-9-21(20)29(22)15-23(30)28-19-7-3-2-6-18(19)25/h2-13H,14-15H2,1H3,(H,26,31)(H,28,30). The zero-order chi connectivity index (χ0) is 21.8. The molecule has 0 saturated heterocycles. The van der Waals surface area contributed by atoms with Gasteiger partial charge in [0.1, 0.15) is 18.2 Å². The van der Waals surface area contributed by atoms with Crippen LogP contribution in [-0.4, -0.2) is 21.4 Å². The summed E-state index contributed by atoms with van der Waals surface area (Å²) < 4.78 is 15.6.